The summed E-state index contributed by atoms with van der Waals surface area (Å²) in [5, 5.41) is 17.2. The van der Waals surface area contributed by atoms with Gasteiger partial charge in [-0.1, -0.05) is 17.7 Å². The normalized spacial score (nSPS) is 18.2. The van der Waals surface area contributed by atoms with Crippen LogP contribution in [-0.4, -0.2) is 65.1 Å². The van der Waals surface area contributed by atoms with Crippen LogP contribution in [0.1, 0.15) is 12.8 Å². The molecule has 0 bridgehead atoms. The number of ether oxygens (including phenoxy) is 1. The van der Waals surface area contributed by atoms with E-state index in [0.717, 1.165) is 19.4 Å². The first-order chi connectivity index (χ1) is 15.4. The maximum Gasteiger partial charge on any atom is 0.170 e. The van der Waals surface area contributed by atoms with Crippen LogP contribution in [-0.2, 0) is 4.79 Å². The van der Waals surface area contributed by atoms with Crippen molar-refractivity contribution < 1.29 is 14.6 Å². The molecule has 4 rings (SSSR count). The summed E-state index contributed by atoms with van der Waals surface area (Å²) >= 11 is 6.04. The Labute approximate surface area is 191 Å². The molecule has 0 unspecified atom stereocenters. The zero-order valence-corrected chi connectivity index (χ0v) is 18.8. The number of fused-ring (bicyclic) bond motifs is 1. The number of nitrogens with one attached hydrogen (secondary N) is 2. The van der Waals surface area contributed by atoms with E-state index in [1.807, 2.05) is 37.2 Å². The zero-order valence-electron chi connectivity index (χ0n) is 18.1. The Morgan fingerprint density at radius 3 is 2.88 bits per heavy atom. The van der Waals surface area contributed by atoms with E-state index in [-0.39, 0.29) is 23.2 Å². The van der Waals surface area contributed by atoms with Gasteiger partial charge in [-0.15, -0.1) is 0 Å². The van der Waals surface area contributed by atoms with E-state index < -0.39 is 5.54 Å². The van der Waals surface area contributed by atoms with Crippen molar-refractivity contribution in [2.24, 2.45) is 0 Å². The Morgan fingerprint density at radius 1 is 1.31 bits per heavy atom. The number of aromatic nitrogens is 2. The Kier molecular flexibility index (Phi) is 6.45. The molecule has 1 aliphatic rings. The third kappa shape index (κ3) is 4.62. The molecule has 1 aromatic heterocycles. The van der Waals surface area contributed by atoms with Crippen LogP contribution in [0.25, 0.3) is 10.9 Å². The lowest BCUT2D eigenvalue weighted by Crippen LogP contribution is -2.55. The number of halogens is 1. The Morgan fingerprint density at radius 2 is 2.16 bits per heavy atom. The number of rotatable bonds is 8. The van der Waals surface area contributed by atoms with Crippen LogP contribution >= 0.6 is 11.6 Å². The standard InChI is InChI=1S/C23H26ClN5O3/c1-29(2)12-20(31)23(9-4-10-27-23)13-32-19-6-3-5-17-21(19)22(26-14-25-17)28-15-7-8-18(30)16(24)11-15/h3,5-8,11,14,27,30H,4,9-10,12-13H2,1-2H3,(H,25,26,28)/t23-/m1/s1. The molecule has 0 aliphatic carbocycles. The van der Waals surface area contributed by atoms with Crippen LogP contribution in [0.5, 0.6) is 11.5 Å². The summed E-state index contributed by atoms with van der Waals surface area (Å²) in [7, 11) is 3.77. The summed E-state index contributed by atoms with van der Waals surface area (Å²) in [6.07, 6.45) is 3.13. The van der Waals surface area contributed by atoms with Gasteiger partial charge in [-0.2, -0.15) is 0 Å². The van der Waals surface area contributed by atoms with Crippen LogP contribution in [0.15, 0.2) is 42.7 Å². The number of carbonyl (C=O) groups is 1. The molecule has 1 aliphatic heterocycles. The van der Waals surface area contributed by atoms with Gasteiger partial charge in [0.15, 0.2) is 5.78 Å². The molecule has 0 saturated carbocycles. The third-order valence-electron chi connectivity index (χ3n) is 5.55. The Bertz CT molecular complexity index is 1130. The molecule has 1 atom stereocenters. The lowest BCUT2D eigenvalue weighted by Gasteiger charge is -2.29. The van der Waals surface area contributed by atoms with Crippen molar-refractivity contribution in [1.82, 2.24) is 20.2 Å². The number of Topliss-reactive ketones (excluding diaryl/α,β-unsaturated/α-hetero) is 1. The van der Waals surface area contributed by atoms with Crippen molar-refractivity contribution in [2.75, 3.05) is 39.1 Å². The number of anilines is 2. The van der Waals surface area contributed by atoms with Gasteiger partial charge in [0.2, 0.25) is 0 Å². The van der Waals surface area contributed by atoms with E-state index in [9.17, 15) is 9.90 Å². The van der Waals surface area contributed by atoms with Crippen LogP contribution in [0.3, 0.4) is 0 Å². The second-order valence-corrected chi connectivity index (χ2v) is 8.63. The smallest absolute Gasteiger partial charge is 0.170 e. The predicted octanol–water partition coefficient (Wildman–Crippen LogP) is 3.36. The van der Waals surface area contributed by atoms with Crippen molar-refractivity contribution >= 4 is 39.8 Å². The highest BCUT2D eigenvalue weighted by Gasteiger charge is 2.41. The zero-order chi connectivity index (χ0) is 22.7. The molecular weight excluding hydrogens is 430 g/mol. The van der Waals surface area contributed by atoms with Crippen molar-refractivity contribution in [3.8, 4) is 11.5 Å². The highest BCUT2D eigenvalue weighted by molar-refractivity contribution is 6.32. The minimum Gasteiger partial charge on any atom is -0.506 e. The number of hydrogen-bond acceptors (Lipinski definition) is 8. The first-order valence-corrected chi connectivity index (χ1v) is 10.8. The number of phenolic OH excluding ortho intramolecular Hbond substituents is 1. The lowest BCUT2D eigenvalue weighted by molar-refractivity contribution is -0.126. The number of hydrogen-bond donors (Lipinski definition) is 3. The van der Waals surface area contributed by atoms with Gasteiger partial charge < -0.3 is 25.4 Å². The van der Waals surface area contributed by atoms with E-state index in [1.165, 1.54) is 12.4 Å². The van der Waals surface area contributed by atoms with E-state index in [1.54, 1.807) is 12.1 Å². The molecule has 2 heterocycles. The van der Waals surface area contributed by atoms with Crippen molar-refractivity contribution in [3.63, 3.8) is 0 Å². The fourth-order valence-corrected chi connectivity index (χ4v) is 4.08. The van der Waals surface area contributed by atoms with Gasteiger partial charge in [0.1, 0.15) is 35.8 Å². The van der Waals surface area contributed by atoms with Gasteiger partial charge in [0.05, 0.1) is 22.5 Å². The number of nitrogens with zero attached hydrogens (tertiary/aromatic N) is 3. The van der Waals surface area contributed by atoms with Gasteiger partial charge >= 0.3 is 0 Å². The first kappa shape index (κ1) is 22.3. The van der Waals surface area contributed by atoms with Crippen molar-refractivity contribution in [1.29, 1.82) is 0 Å². The summed E-state index contributed by atoms with van der Waals surface area (Å²) in [4.78, 5) is 23.6. The fourth-order valence-electron chi connectivity index (χ4n) is 3.90. The van der Waals surface area contributed by atoms with Gasteiger partial charge in [-0.3, -0.25) is 4.79 Å². The molecule has 0 spiro atoms. The van der Waals surface area contributed by atoms with E-state index >= 15 is 0 Å². The second kappa shape index (κ2) is 9.28. The molecule has 1 saturated heterocycles. The molecular formula is C23H26ClN5O3. The topological polar surface area (TPSA) is 99.6 Å². The molecule has 9 heteroatoms. The van der Waals surface area contributed by atoms with Crippen LogP contribution in [0, 0.1) is 0 Å². The molecule has 2 aromatic carbocycles. The molecule has 168 valence electrons. The number of carbonyl (C=O) groups excluding carboxylic acids is 1. The average Bonchev–Trinajstić information content (AvgIpc) is 3.25. The maximum atomic E-state index is 13.0. The minimum absolute atomic E-state index is 0.00513. The first-order valence-electron chi connectivity index (χ1n) is 10.4. The number of likely N-dealkylation sites (N-methyl/N-ethyl adjacent to an activating group) is 1. The van der Waals surface area contributed by atoms with Gasteiger partial charge in [0.25, 0.3) is 0 Å². The highest BCUT2D eigenvalue weighted by atomic mass is 35.5. The average molecular weight is 456 g/mol. The summed E-state index contributed by atoms with van der Waals surface area (Å²) in [5.41, 5.74) is 0.663. The molecule has 1 fully saturated rings. The van der Waals surface area contributed by atoms with E-state index in [4.69, 9.17) is 16.3 Å². The van der Waals surface area contributed by atoms with Crippen LogP contribution in [0.2, 0.25) is 5.02 Å². The Hall–Kier alpha value is -2.94. The quantitative estimate of drug-likeness (QED) is 0.444. The number of phenols is 1. The van der Waals surface area contributed by atoms with Gasteiger partial charge in [0, 0.05) is 5.69 Å². The van der Waals surface area contributed by atoms with Gasteiger partial charge in [-0.25, -0.2) is 9.97 Å². The summed E-state index contributed by atoms with van der Waals surface area (Å²) < 4.78 is 6.24. The SMILES string of the molecule is CN(C)CC(=O)[C@]1(COc2cccc3ncnc(Nc4ccc(O)c(Cl)c4)c23)CCCN1. The molecule has 3 aromatic rings. The number of aromatic hydroxyl groups is 1. The maximum absolute atomic E-state index is 13.0. The minimum atomic E-state index is -0.708. The lowest BCUT2D eigenvalue weighted by atomic mass is 9.92. The fraction of sp³-hybridized carbons (Fsp3) is 0.348. The van der Waals surface area contributed by atoms with Crippen molar-refractivity contribution in [2.45, 2.75) is 18.4 Å². The van der Waals surface area contributed by atoms with E-state index in [2.05, 4.69) is 20.6 Å². The van der Waals surface area contributed by atoms with Crippen molar-refractivity contribution in [3.05, 3.63) is 47.7 Å². The van der Waals surface area contributed by atoms with Crippen LogP contribution < -0.4 is 15.4 Å². The monoisotopic (exact) mass is 455 g/mol. The third-order valence-corrected chi connectivity index (χ3v) is 5.85. The van der Waals surface area contributed by atoms with Crippen LogP contribution in [0.4, 0.5) is 11.5 Å². The largest absolute Gasteiger partial charge is 0.506 e. The molecule has 0 radical (unpaired) electrons. The summed E-state index contributed by atoms with van der Waals surface area (Å²) in [6, 6.07) is 10.4. The molecule has 8 nitrogen and oxygen atoms in total. The Balaban J connectivity index is 1.64. The second-order valence-electron chi connectivity index (χ2n) is 8.23. The number of ketones is 1. The van der Waals surface area contributed by atoms with Gasteiger partial charge in [-0.05, 0) is 63.8 Å². The number of benzene rings is 2. The molecule has 32 heavy (non-hydrogen) atoms. The predicted molar refractivity (Wildman–Crippen MR) is 125 cm³/mol. The summed E-state index contributed by atoms with van der Waals surface area (Å²) in [5.74, 6) is 1.25. The molecule has 0 amide bonds. The van der Waals surface area contributed by atoms with E-state index in [0.29, 0.717) is 34.7 Å². The molecule has 3 N–H and O–H groups in total. The highest BCUT2D eigenvalue weighted by Crippen LogP contribution is 2.34. The summed E-state index contributed by atoms with van der Waals surface area (Å²) in [6.45, 7) is 1.36.